The highest BCUT2D eigenvalue weighted by Crippen LogP contribution is 2.35. The zero-order chi connectivity index (χ0) is 19.0. The first-order chi connectivity index (χ1) is 13.0. The number of hydrogen-bond acceptors (Lipinski definition) is 1. The summed E-state index contributed by atoms with van der Waals surface area (Å²) in [7, 11) is 0. The average molecular weight is 373 g/mol. The molecule has 0 fully saturated rings. The Hall–Kier alpha value is -2.84. The van der Waals surface area contributed by atoms with Crippen LogP contribution in [-0.2, 0) is 0 Å². The number of aromatic nitrogens is 2. The van der Waals surface area contributed by atoms with Crippen molar-refractivity contribution in [3.63, 3.8) is 0 Å². The van der Waals surface area contributed by atoms with E-state index in [0.717, 1.165) is 33.8 Å². The molecule has 2 nitrogen and oxygen atoms in total. The highest BCUT2D eigenvalue weighted by atomic mass is 35.5. The fourth-order valence-corrected chi connectivity index (χ4v) is 3.55. The van der Waals surface area contributed by atoms with Gasteiger partial charge in [-0.15, -0.1) is 0 Å². The minimum absolute atomic E-state index is 0.684. The van der Waals surface area contributed by atoms with Gasteiger partial charge in [-0.3, -0.25) is 0 Å². The minimum Gasteiger partial charge on any atom is -0.231 e. The molecular weight excluding hydrogens is 352 g/mol. The predicted octanol–water partition coefficient (Wildman–Crippen LogP) is 6.78. The van der Waals surface area contributed by atoms with Crippen LogP contribution in [-0.4, -0.2) is 9.78 Å². The van der Waals surface area contributed by atoms with Crippen LogP contribution in [0.2, 0.25) is 5.02 Å². The maximum absolute atomic E-state index is 6.51. The summed E-state index contributed by atoms with van der Waals surface area (Å²) < 4.78 is 1.97. The largest absolute Gasteiger partial charge is 0.231 e. The van der Waals surface area contributed by atoms with Crippen molar-refractivity contribution in [1.82, 2.24) is 9.78 Å². The molecule has 0 bridgehead atoms. The molecule has 0 unspecified atom stereocenters. The molecule has 4 aromatic rings. The summed E-state index contributed by atoms with van der Waals surface area (Å²) in [6.07, 6.45) is 0. The second kappa shape index (κ2) is 7.05. The van der Waals surface area contributed by atoms with E-state index < -0.39 is 0 Å². The van der Waals surface area contributed by atoms with Crippen molar-refractivity contribution < 1.29 is 0 Å². The monoisotopic (exact) mass is 372 g/mol. The Morgan fingerprint density at radius 1 is 0.704 bits per heavy atom. The van der Waals surface area contributed by atoms with Gasteiger partial charge in [-0.2, -0.15) is 5.10 Å². The van der Waals surface area contributed by atoms with E-state index in [1.807, 2.05) is 28.9 Å². The molecule has 0 atom stereocenters. The van der Waals surface area contributed by atoms with E-state index in [4.69, 9.17) is 16.7 Å². The Balaban J connectivity index is 1.99. The van der Waals surface area contributed by atoms with Crippen LogP contribution in [0.4, 0.5) is 0 Å². The molecule has 0 saturated carbocycles. The first kappa shape index (κ1) is 17.6. The number of para-hydroxylation sites is 1. The lowest BCUT2D eigenvalue weighted by molar-refractivity contribution is 0.892. The van der Waals surface area contributed by atoms with E-state index in [1.165, 1.54) is 11.1 Å². The first-order valence-corrected chi connectivity index (χ1v) is 9.41. The van der Waals surface area contributed by atoms with Gasteiger partial charge in [0.1, 0.15) is 0 Å². The topological polar surface area (TPSA) is 17.8 Å². The van der Waals surface area contributed by atoms with Gasteiger partial charge in [-0.1, -0.05) is 83.4 Å². The smallest absolute Gasteiger partial charge is 0.0963 e. The van der Waals surface area contributed by atoms with Crippen molar-refractivity contribution in [2.75, 3.05) is 0 Å². The van der Waals surface area contributed by atoms with Crippen LogP contribution < -0.4 is 0 Å². The highest BCUT2D eigenvalue weighted by Gasteiger charge is 2.19. The molecule has 0 aliphatic rings. The molecule has 3 heteroatoms. The third-order valence-electron chi connectivity index (χ3n) is 4.85. The second-order valence-electron chi connectivity index (χ2n) is 6.92. The van der Waals surface area contributed by atoms with Crippen LogP contribution in [0.3, 0.4) is 0 Å². The van der Waals surface area contributed by atoms with E-state index in [9.17, 15) is 0 Å². The molecule has 0 saturated heterocycles. The summed E-state index contributed by atoms with van der Waals surface area (Å²) in [5.41, 5.74) is 8.78. The van der Waals surface area contributed by atoms with Crippen LogP contribution in [0.25, 0.3) is 28.2 Å². The predicted molar refractivity (Wildman–Crippen MR) is 114 cm³/mol. The Bertz CT molecular complexity index is 1090. The molecular formula is C24H21ClN2. The van der Waals surface area contributed by atoms with Gasteiger partial charge >= 0.3 is 0 Å². The summed E-state index contributed by atoms with van der Waals surface area (Å²) in [4.78, 5) is 0. The summed E-state index contributed by atoms with van der Waals surface area (Å²) in [5, 5.41) is 5.66. The second-order valence-corrected chi connectivity index (χ2v) is 7.32. The van der Waals surface area contributed by atoms with Gasteiger partial charge < -0.3 is 0 Å². The number of halogens is 1. The molecule has 134 valence electrons. The lowest BCUT2D eigenvalue weighted by atomic mass is 10.0. The Morgan fingerprint density at radius 3 is 1.85 bits per heavy atom. The third-order valence-corrected chi connectivity index (χ3v) is 5.17. The van der Waals surface area contributed by atoms with E-state index in [-0.39, 0.29) is 0 Å². The minimum atomic E-state index is 0.684. The molecule has 1 heterocycles. The SMILES string of the molecule is Cc1ccc(-c2nn(-c3ccccc3Cl)c(-c3ccc(C)cc3)c2C)cc1. The summed E-state index contributed by atoms with van der Waals surface area (Å²) in [5.74, 6) is 0. The quantitative estimate of drug-likeness (QED) is 0.387. The number of aryl methyl sites for hydroxylation is 2. The van der Waals surface area contributed by atoms with Gasteiger partial charge in [0, 0.05) is 16.7 Å². The highest BCUT2D eigenvalue weighted by molar-refractivity contribution is 6.32. The summed E-state index contributed by atoms with van der Waals surface area (Å²) >= 11 is 6.51. The molecule has 0 N–H and O–H groups in total. The Kier molecular flexibility index (Phi) is 4.59. The fourth-order valence-electron chi connectivity index (χ4n) is 3.33. The van der Waals surface area contributed by atoms with Crippen LogP contribution in [0.5, 0.6) is 0 Å². The van der Waals surface area contributed by atoms with Crippen LogP contribution >= 0.6 is 11.6 Å². The van der Waals surface area contributed by atoms with Gasteiger partial charge in [-0.25, -0.2) is 4.68 Å². The number of rotatable bonds is 3. The lowest BCUT2D eigenvalue weighted by Crippen LogP contribution is -2.00. The standard InChI is InChI=1S/C24H21ClN2/c1-16-8-12-19(13-9-16)23-18(3)24(20-14-10-17(2)11-15-20)27(26-23)22-7-5-4-6-21(22)25/h4-15H,1-3H3. The Labute approximate surface area is 165 Å². The molecule has 4 rings (SSSR count). The molecule has 0 aliphatic heterocycles. The van der Waals surface area contributed by atoms with Gasteiger partial charge in [0.05, 0.1) is 22.1 Å². The van der Waals surface area contributed by atoms with Gasteiger partial charge in [0.2, 0.25) is 0 Å². The maximum atomic E-state index is 6.51. The van der Waals surface area contributed by atoms with Crippen molar-refractivity contribution >= 4 is 11.6 Å². The van der Waals surface area contributed by atoms with Crippen molar-refractivity contribution in [3.8, 4) is 28.2 Å². The summed E-state index contributed by atoms with van der Waals surface area (Å²) in [6, 6.07) is 24.9. The first-order valence-electron chi connectivity index (χ1n) is 9.03. The molecule has 1 aromatic heterocycles. The van der Waals surface area contributed by atoms with Crippen molar-refractivity contribution in [2.45, 2.75) is 20.8 Å². The molecule has 0 radical (unpaired) electrons. The summed E-state index contributed by atoms with van der Waals surface area (Å²) in [6.45, 7) is 6.32. The maximum Gasteiger partial charge on any atom is 0.0963 e. The van der Waals surface area contributed by atoms with Gasteiger partial charge in [-0.05, 0) is 32.9 Å². The zero-order valence-corrected chi connectivity index (χ0v) is 16.5. The van der Waals surface area contributed by atoms with Crippen LogP contribution in [0.15, 0.2) is 72.8 Å². The Morgan fingerprint density at radius 2 is 1.26 bits per heavy atom. The van der Waals surface area contributed by atoms with E-state index in [1.54, 1.807) is 0 Å². The van der Waals surface area contributed by atoms with Gasteiger partial charge in [0.15, 0.2) is 0 Å². The van der Waals surface area contributed by atoms with Crippen molar-refractivity contribution in [1.29, 1.82) is 0 Å². The fraction of sp³-hybridized carbons (Fsp3) is 0.125. The van der Waals surface area contributed by atoms with Crippen LogP contribution in [0.1, 0.15) is 16.7 Å². The van der Waals surface area contributed by atoms with E-state index in [2.05, 4.69) is 69.3 Å². The lowest BCUT2D eigenvalue weighted by Gasteiger charge is -2.10. The zero-order valence-electron chi connectivity index (χ0n) is 15.7. The van der Waals surface area contributed by atoms with Crippen molar-refractivity contribution in [3.05, 3.63) is 94.5 Å². The third kappa shape index (κ3) is 3.29. The van der Waals surface area contributed by atoms with E-state index in [0.29, 0.717) is 5.02 Å². The molecule has 0 spiro atoms. The van der Waals surface area contributed by atoms with Crippen molar-refractivity contribution in [2.24, 2.45) is 0 Å². The number of benzene rings is 3. The number of nitrogens with zero attached hydrogens (tertiary/aromatic N) is 2. The van der Waals surface area contributed by atoms with E-state index >= 15 is 0 Å². The molecule has 0 amide bonds. The number of hydrogen-bond donors (Lipinski definition) is 0. The normalized spacial score (nSPS) is 11.0. The molecule has 27 heavy (non-hydrogen) atoms. The molecule has 0 aliphatic carbocycles. The molecule has 3 aromatic carbocycles. The van der Waals surface area contributed by atoms with Gasteiger partial charge in [0.25, 0.3) is 0 Å². The van der Waals surface area contributed by atoms with Crippen LogP contribution in [0, 0.1) is 20.8 Å². The average Bonchev–Trinajstić information content (AvgIpc) is 3.00.